The molecule has 124 valence electrons. The summed E-state index contributed by atoms with van der Waals surface area (Å²) < 4.78 is 16.1. The van der Waals surface area contributed by atoms with Crippen LogP contribution < -0.4 is 0 Å². The van der Waals surface area contributed by atoms with Gasteiger partial charge in [-0.15, -0.1) is 0 Å². The second kappa shape index (κ2) is 7.96. The van der Waals surface area contributed by atoms with E-state index in [2.05, 4.69) is 33.0 Å². The molecule has 0 radical (unpaired) electrons. The Kier molecular flexibility index (Phi) is 5.71. The maximum atomic E-state index is 13.0. The first kappa shape index (κ1) is 17.2. The third kappa shape index (κ3) is 4.47. The van der Waals surface area contributed by atoms with Crippen molar-refractivity contribution in [3.8, 4) is 0 Å². The molecular weight excluding hydrogens is 391 g/mol. The molecule has 1 heterocycles. The van der Waals surface area contributed by atoms with E-state index in [4.69, 9.17) is 0 Å². The van der Waals surface area contributed by atoms with Crippen molar-refractivity contribution < 1.29 is 9.50 Å². The third-order valence-corrected chi connectivity index (χ3v) is 5.09. The van der Waals surface area contributed by atoms with Gasteiger partial charge in [-0.05, 0) is 35.4 Å². The van der Waals surface area contributed by atoms with Gasteiger partial charge >= 0.3 is 0 Å². The first-order chi connectivity index (χ1) is 11.6. The average Bonchev–Trinajstić information content (AvgIpc) is 2.98. The van der Waals surface area contributed by atoms with Crippen LogP contribution in [-0.2, 0) is 18.9 Å². The summed E-state index contributed by atoms with van der Waals surface area (Å²) in [6.45, 7) is 0.498. The number of thioether (sulfide) groups is 1. The molecule has 0 saturated carbocycles. The summed E-state index contributed by atoms with van der Waals surface area (Å²) in [6.07, 6.45) is 1.84. The van der Waals surface area contributed by atoms with Crippen LogP contribution in [0.4, 0.5) is 4.39 Å². The van der Waals surface area contributed by atoms with Gasteiger partial charge in [0.25, 0.3) is 0 Å². The maximum absolute atomic E-state index is 13.0. The van der Waals surface area contributed by atoms with Gasteiger partial charge in [0.15, 0.2) is 5.16 Å². The lowest BCUT2D eigenvalue weighted by Crippen LogP contribution is -2.00. The number of imidazole rings is 1. The van der Waals surface area contributed by atoms with Crippen molar-refractivity contribution in [2.24, 2.45) is 0 Å². The number of aliphatic hydroxyl groups is 1. The van der Waals surface area contributed by atoms with Crippen molar-refractivity contribution >= 4 is 27.7 Å². The largest absolute Gasteiger partial charge is 0.390 e. The monoisotopic (exact) mass is 406 g/mol. The van der Waals surface area contributed by atoms with Crippen molar-refractivity contribution in [2.75, 3.05) is 0 Å². The number of rotatable bonds is 6. The molecule has 2 aromatic carbocycles. The Hall–Kier alpha value is -1.63. The zero-order valence-corrected chi connectivity index (χ0v) is 15.2. The molecule has 0 amide bonds. The van der Waals surface area contributed by atoms with Gasteiger partial charge in [0.2, 0.25) is 0 Å². The van der Waals surface area contributed by atoms with Gasteiger partial charge in [-0.3, -0.25) is 0 Å². The van der Waals surface area contributed by atoms with Gasteiger partial charge in [0.05, 0.1) is 12.3 Å². The van der Waals surface area contributed by atoms with E-state index < -0.39 is 0 Å². The molecule has 0 aliphatic heterocycles. The summed E-state index contributed by atoms with van der Waals surface area (Å²) in [5.74, 6) is 0.545. The van der Waals surface area contributed by atoms with Gasteiger partial charge in [-0.25, -0.2) is 9.37 Å². The molecule has 0 aliphatic carbocycles. The van der Waals surface area contributed by atoms with E-state index in [0.29, 0.717) is 12.2 Å². The number of hydrogen-bond acceptors (Lipinski definition) is 3. The van der Waals surface area contributed by atoms with Crippen LogP contribution in [0.15, 0.2) is 64.4 Å². The number of halogens is 2. The second-order valence-electron chi connectivity index (χ2n) is 5.34. The molecule has 0 atom stereocenters. The van der Waals surface area contributed by atoms with Crippen molar-refractivity contribution in [3.63, 3.8) is 0 Å². The van der Waals surface area contributed by atoms with Crippen LogP contribution in [0.3, 0.4) is 0 Å². The van der Waals surface area contributed by atoms with E-state index in [1.165, 1.54) is 17.7 Å². The lowest BCUT2D eigenvalue weighted by Gasteiger charge is -2.08. The van der Waals surface area contributed by atoms with Crippen LogP contribution >= 0.6 is 27.7 Å². The molecule has 1 N–H and O–H groups in total. The molecular formula is C18H16BrFN2OS. The zero-order valence-electron chi connectivity index (χ0n) is 12.8. The first-order valence-corrected chi connectivity index (χ1v) is 9.20. The molecule has 0 aliphatic rings. The first-order valence-electron chi connectivity index (χ1n) is 7.42. The predicted octanol–water partition coefficient (Wildman–Crippen LogP) is 4.62. The van der Waals surface area contributed by atoms with Gasteiger partial charge in [-0.1, -0.05) is 52.0 Å². The minimum Gasteiger partial charge on any atom is -0.390 e. The lowest BCUT2D eigenvalue weighted by molar-refractivity contribution is 0.277. The predicted molar refractivity (Wildman–Crippen MR) is 97.4 cm³/mol. The van der Waals surface area contributed by atoms with Crippen molar-refractivity contribution in [3.05, 3.63) is 81.8 Å². The summed E-state index contributed by atoms with van der Waals surface area (Å²) in [6, 6.07) is 14.6. The Morgan fingerprint density at radius 2 is 1.71 bits per heavy atom. The average molecular weight is 407 g/mol. The fourth-order valence-electron chi connectivity index (χ4n) is 2.27. The highest BCUT2D eigenvalue weighted by Crippen LogP contribution is 2.24. The van der Waals surface area contributed by atoms with E-state index in [1.807, 2.05) is 22.9 Å². The minimum atomic E-state index is -0.245. The summed E-state index contributed by atoms with van der Waals surface area (Å²) in [5.41, 5.74) is 2.82. The van der Waals surface area contributed by atoms with Crippen molar-refractivity contribution in [1.29, 1.82) is 0 Å². The fourth-order valence-corrected chi connectivity index (χ4v) is 3.49. The number of nitrogens with zero attached hydrogens (tertiary/aromatic N) is 2. The number of hydrogen-bond donors (Lipinski definition) is 1. The number of aliphatic hydroxyl groups excluding tert-OH is 1. The van der Waals surface area contributed by atoms with Gasteiger partial charge in [-0.2, -0.15) is 0 Å². The Morgan fingerprint density at radius 1 is 1.04 bits per heavy atom. The standard InChI is InChI=1S/C18H16BrFN2OS/c19-15-5-1-14(2-6-15)12-24-18-21-17(11-23)10-22(18)9-13-3-7-16(20)8-4-13/h1-8,10,23H,9,11-12H2. The molecule has 0 saturated heterocycles. The van der Waals surface area contributed by atoms with E-state index in [-0.39, 0.29) is 12.4 Å². The molecule has 6 heteroatoms. The van der Waals surface area contributed by atoms with Crippen molar-refractivity contribution in [1.82, 2.24) is 9.55 Å². The molecule has 3 aromatic rings. The van der Waals surface area contributed by atoms with Crippen LogP contribution in [0.2, 0.25) is 0 Å². The van der Waals surface area contributed by atoms with Crippen LogP contribution in [0.25, 0.3) is 0 Å². The maximum Gasteiger partial charge on any atom is 0.168 e. The van der Waals surface area contributed by atoms with Gasteiger partial charge < -0.3 is 9.67 Å². The van der Waals surface area contributed by atoms with E-state index in [9.17, 15) is 9.50 Å². The Balaban J connectivity index is 1.75. The summed E-state index contributed by atoms with van der Waals surface area (Å²) in [5, 5.41) is 10.2. The Morgan fingerprint density at radius 3 is 2.38 bits per heavy atom. The van der Waals surface area contributed by atoms with E-state index in [0.717, 1.165) is 20.9 Å². The molecule has 0 fully saturated rings. The van der Waals surface area contributed by atoms with E-state index >= 15 is 0 Å². The normalized spacial score (nSPS) is 11.0. The van der Waals surface area contributed by atoms with Crippen molar-refractivity contribution in [2.45, 2.75) is 24.1 Å². The third-order valence-electron chi connectivity index (χ3n) is 3.50. The SMILES string of the molecule is OCc1cn(Cc2ccc(F)cc2)c(SCc2ccc(Br)cc2)n1. The molecule has 3 nitrogen and oxygen atoms in total. The highest BCUT2D eigenvalue weighted by atomic mass is 79.9. The Bertz CT molecular complexity index is 803. The van der Waals surface area contributed by atoms with Crippen LogP contribution in [-0.4, -0.2) is 14.7 Å². The van der Waals surface area contributed by atoms with Gasteiger partial charge in [0, 0.05) is 23.0 Å². The van der Waals surface area contributed by atoms with E-state index in [1.54, 1.807) is 23.9 Å². The summed E-state index contributed by atoms with van der Waals surface area (Å²) in [4.78, 5) is 4.47. The topological polar surface area (TPSA) is 38.0 Å². The quantitative estimate of drug-likeness (QED) is 0.607. The number of benzene rings is 2. The lowest BCUT2D eigenvalue weighted by atomic mass is 10.2. The van der Waals surface area contributed by atoms with Crippen LogP contribution in [0.5, 0.6) is 0 Å². The molecule has 24 heavy (non-hydrogen) atoms. The molecule has 1 aromatic heterocycles. The summed E-state index contributed by atoms with van der Waals surface area (Å²) in [7, 11) is 0. The molecule has 0 bridgehead atoms. The summed E-state index contributed by atoms with van der Waals surface area (Å²) >= 11 is 5.05. The zero-order chi connectivity index (χ0) is 16.9. The molecule has 3 rings (SSSR count). The molecule has 0 unspecified atom stereocenters. The van der Waals surface area contributed by atoms with Gasteiger partial charge in [0.1, 0.15) is 5.82 Å². The highest BCUT2D eigenvalue weighted by molar-refractivity contribution is 9.10. The Labute approximate surface area is 152 Å². The second-order valence-corrected chi connectivity index (χ2v) is 7.20. The van der Waals surface area contributed by atoms with Crippen LogP contribution in [0.1, 0.15) is 16.8 Å². The van der Waals surface area contributed by atoms with Crippen LogP contribution in [0, 0.1) is 5.82 Å². The smallest absolute Gasteiger partial charge is 0.168 e. The fraction of sp³-hybridized carbons (Fsp3) is 0.167. The minimum absolute atomic E-state index is 0.0950. The highest BCUT2D eigenvalue weighted by Gasteiger charge is 2.09. The number of aromatic nitrogens is 2. The molecule has 0 spiro atoms.